The molecular weight excluding hydrogens is 329 g/mol. The molecule has 0 saturated carbocycles. The lowest BCUT2D eigenvalue weighted by Gasteiger charge is -2.34. The molecule has 1 aromatic rings. The Labute approximate surface area is 134 Å². The van der Waals surface area contributed by atoms with Gasteiger partial charge in [-0.3, -0.25) is 4.79 Å². The van der Waals surface area contributed by atoms with Gasteiger partial charge in [0.05, 0.1) is 22.2 Å². The summed E-state index contributed by atoms with van der Waals surface area (Å²) in [4.78, 5) is 14.4. The van der Waals surface area contributed by atoms with E-state index in [9.17, 15) is 17.6 Å². The normalized spacial score (nSPS) is 21.5. The van der Waals surface area contributed by atoms with Gasteiger partial charge in [-0.1, -0.05) is 11.6 Å². The zero-order chi connectivity index (χ0) is 15.9. The number of aryl methyl sites for hydroxylation is 1. The Morgan fingerprint density at radius 3 is 2.64 bits per heavy atom. The third-order valence-electron chi connectivity index (χ3n) is 4.37. The fourth-order valence-electron chi connectivity index (χ4n) is 3.23. The van der Waals surface area contributed by atoms with Gasteiger partial charge in [-0.25, -0.2) is 12.8 Å². The van der Waals surface area contributed by atoms with Crippen LogP contribution in [0.1, 0.15) is 24.8 Å². The number of carbonyl (C=O) groups excluding carboxylic acids is 1. The molecule has 4 nitrogen and oxygen atoms in total. The Kier molecular flexibility index (Phi) is 4.16. The molecule has 7 heteroatoms. The predicted octanol–water partition coefficient (Wildman–Crippen LogP) is 2.58. The van der Waals surface area contributed by atoms with E-state index in [-0.39, 0.29) is 28.4 Å². The van der Waals surface area contributed by atoms with Crippen LogP contribution in [-0.2, 0) is 21.1 Å². The molecule has 0 unspecified atom stereocenters. The molecule has 22 heavy (non-hydrogen) atoms. The van der Waals surface area contributed by atoms with Gasteiger partial charge in [-0.05, 0) is 43.4 Å². The smallest absolute Gasteiger partial charge is 0.230 e. The number of nitrogens with zero attached hydrogens (tertiary/aromatic N) is 1. The molecule has 0 spiro atoms. The monoisotopic (exact) mass is 345 g/mol. The molecule has 0 bridgehead atoms. The van der Waals surface area contributed by atoms with Crippen molar-refractivity contribution in [3.8, 4) is 0 Å². The van der Waals surface area contributed by atoms with Crippen LogP contribution < -0.4 is 4.90 Å². The number of halogens is 2. The lowest BCUT2D eigenvalue weighted by molar-refractivity contribution is -0.122. The van der Waals surface area contributed by atoms with Crippen LogP contribution in [0.3, 0.4) is 0 Å². The van der Waals surface area contributed by atoms with Crippen molar-refractivity contribution in [2.24, 2.45) is 5.92 Å². The maximum atomic E-state index is 13.5. The molecule has 0 aliphatic carbocycles. The van der Waals surface area contributed by atoms with E-state index in [2.05, 4.69) is 0 Å². The van der Waals surface area contributed by atoms with E-state index in [0.717, 1.165) is 12.0 Å². The fraction of sp³-hybridized carbons (Fsp3) is 0.533. The Morgan fingerprint density at radius 1 is 1.27 bits per heavy atom. The maximum absolute atomic E-state index is 13.5. The van der Waals surface area contributed by atoms with Crippen LogP contribution in [0, 0.1) is 11.7 Å². The average molecular weight is 346 g/mol. The molecule has 1 saturated heterocycles. The van der Waals surface area contributed by atoms with Gasteiger partial charge >= 0.3 is 0 Å². The van der Waals surface area contributed by atoms with Gasteiger partial charge < -0.3 is 4.90 Å². The minimum absolute atomic E-state index is 0.0568. The van der Waals surface area contributed by atoms with Crippen molar-refractivity contribution >= 4 is 33.0 Å². The summed E-state index contributed by atoms with van der Waals surface area (Å²) in [5.41, 5.74) is 1.33. The largest absolute Gasteiger partial charge is 0.310 e. The van der Waals surface area contributed by atoms with Crippen molar-refractivity contribution in [2.45, 2.75) is 25.7 Å². The molecular formula is C15H17ClFNO3S. The summed E-state index contributed by atoms with van der Waals surface area (Å²) in [6.45, 7) is 0.542. The number of hydrogen-bond donors (Lipinski definition) is 0. The summed E-state index contributed by atoms with van der Waals surface area (Å²) in [5.74, 6) is -0.676. The van der Waals surface area contributed by atoms with Crippen LogP contribution in [0.4, 0.5) is 10.1 Å². The summed E-state index contributed by atoms with van der Waals surface area (Å²) >= 11 is 6.14. The highest BCUT2D eigenvalue weighted by Gasteiger charge is 2.34. The predicted molar refractivity (Wildman–Crippen MR) is 83.5 cm³/mol. The molecule has 2 aliphatic heterocycles. The van der Waals surface area contributed by atoms with E-state index in [1.165, 1.54) is 12.1 Å². The first-order chi connectivity index (χ1) is 10.4. The Balaban J connectivity index is 1.87. The van der Waals surface area contributed by atoms with Crippen molar-refractivity contribution < 1.29 is 17.6 Å². The van der Waals surface area contributed by atoms with Crippen molar-refractivity contribution in [3.63, 3.8) is 0 Å². The van der Waals surface area contributed by atoms with Crippen molar-refractivity contribution in [2.75, 3.05) is 23.0 Å². The van der Waals surface area contributed by atoms with Gasteiger partial charge in [-0.2, -0.15) is 0 Å². The first kappa shape index (κ1) is 15.7. The van der Waals surface area contributed by atoms with Gasteiger partial charge in [0, 0.05) is 12.5 Å². The Bertz CT molecular complexity index is 706. The number of amides is 1. The summed E-state index contributed by atoms with van der Waals surface area (Å²) in [6, 6.07) is 2.64. The van der Waals surface area contributed by atoms with E-state index >= 15 is 0 Å². The van der Waals surface area contributed by atoms with E-state index in [4.69, 9.17) is 11.6 Å². The molecule has 0 radical (unpaired) electrons. The first-order valence-corrected chi connectivity index (χ1v) is 9.57. The summed E-state index contributed by atoms with van der Waals surface area (Å²) in [6.07, 6.45) is 2.15. The van der Waals surface area contributed by atoms with Gasteiger partial charge in [0.15, 0.2) is 0 Å². The average Bonchev–Trinajstić information content (AvgIpc) is 2.45. The molecule has 0 aromatic heterocycles. The standard InChI is InChI=1S/C15H17ClFNO3S/c16-13-9-12(17)8-11-2-1-5-18(14(11)13)15(19)10-3-6-22(20,21)7-4-10/h8-10H,1-7H2. The number of rotatable bonds is 1. The maximum Gasteiger partial charge on any atom is 0.230 e. The van der Waals surface area contributed by atoms with Gasteiger partial charge in [0.1, 0.15) is 15.7 Å². The molecule has 1 amide bonds. The summed E-state index contributed by atoms with van der Waals surface area (Å²) in [5, 5.41) is 0.242. The highest BCUT2D eigenvalue weighted by atomic mass is 35.5. The summed E-state index contributed by atoms with van der Waals surface area (Å²) in [7, 11) is -3.00. The van der Waals surface area contributed by atoms with Gasteiger partial charge in [-0.15, -0.1) is 0 Å². The number of fused-ring (bicyclic) bond motifs is 1. The number of hydrogen-bond acceptors (Lipinski definition) is 3. The lowest BCUT2D eigenvalue weighted by atomic mass is 9.96. The topological polar surface area (TPSA) is 54.5 Å². The van der Waals surface area contributed by atoms with Crippen molar-refractivity contribution in [1.82, 2.24) is 0 Å². The molecule has 120 valence electrons. The fourth-order valence-corrected chi connectivity index (χ4v) is 5.05. The third-order valence-corrected chi connectivity index (χ3v) is 6.38. The molecule has 0 atom stereocenters. The van der Waals surface area contributed by atoms with Crippen molar-refractivity contribution in [3.05, 3.63) is 28.5 Å². The minimum atomic E-state index is -3.00. The van der Waals surface area contributed by atoms with Gasteiger partial charge in [0.2, 0.25) is 5.91 Å². The summed E-state index contributed by atoms with van der Waals surface area (Å²) < 4.78 is 36.5. The van der Waals surface area contributed by atoms with E-state index in [0.29, 0.717) is 31.5 Å². The molecule has 1 fully saturated rings. The second-order valence-electron chi connectivity index (χ2n) is 5.91. The quantitative estimate of drug-likeness (QED) is 0.786. The first-order valence-electron chi connectivity index (χ1n) is 7.37. The minimum Gasteiger partial charge on any atom is -0.310 e. The molecule has 1 aromatic carbocycles. The molecule has 2 aliphatic rings. The lowest BCUT2D eigenvalue weighted by Crippen LogP contribution is -2.42. The molecule has 2 heterocycles. The zero-order valence-electron chi connectivity index (χ0n) is 12.0. The Morgan fingerprint density at radius 2 is 1.95 bits per heavy atom. The van der Waals surface area contributed by atoms with E-state index in [1.54, 1.807) is 4.90 Å². The highest BCUT2D eigenvalue weighted by molar-refractivity contribution is 7.91. The second kappa shape index (κ2) is 5.81. The number of benzene rings is 1. The number of carbonyl (C=O) groups is 1. The SMILES string of the molecule is O=C(C1CCS(=O)(=O)CC1)N1CCCc2cc(F)cc(Cl)c21. The zero-order valence-corrected chi connectivity index (χ0v) is 13.6. The molecule has 3 rings (SSSR count). The van der Waals surface area contributed by atoms with Crippen molar-refractivity contribution in [1.29, 1.82) is 0 Å². The van der Waals surface area contributed by atoms with Crippen LogP contribution in [0.5, 0.6) is 0 Å². The Hall–Kier alpha value is -1.14. The third kappa shape index (κ3) is 2.99. The van der Waals surface area contributed by atoms with Crippen LogP contribution >= 0.6 is 11.6 Å². The van der Waals surface area contributed by atoms with E-state index < -0.39 is 15.7 Å². The van der Waals surface area contributed by atoms with Crippen LogP contribution in [0.15, 0.2) is 12.1 Å². The molecule has 0 N–H and O–H groups in total. The highest BCUT2D eigenvalue weighted by Crippen LogP contribution is 2.37. The van der Waals surface area contributed by atoms with Gasteiger partial charge in [0.25, 0.3) is 0 Å². The number of anilines is 1. The second-order valence-corrected chi connectivity index (χ2v) is 8.63. The van der Waals surface area contributed by atoms with Crippen LogP contribution in [-0.4, -0.2) is 32.4 Å². The van der Waals surface area contributed by atoms with Crippen LogP contribution in [0.2, 0.25) is 5.02 Å². The van der Waals surface area contributed by atoms with Crippen LogP contribution in [0.25, 0.3) is 0 Å². The van der Waals surface area contributed by atoms with E-state index in [1.807, 2.05) is 0 Å². The number of sulfone groups is 1.